The summed E-state index contributed by atoms with van der Waals surface area (Å²) in [4.78, 5) is 7.45. The molecule has 2 heterocycles. The second-order valence-corrected chi connectivity index (χ2v) is 4.88. The van der Waals surface area contributed by atoms with E-state index in [9.17, 15) is 13.2 Å². The number of H-pyrrole nitrogens is 1. The summed E-state index contributed by atoms with van der Waals surface area (Å²) in [5.74, 6) is 1.11. The summed E-state index contributed by atoms with van der Waals surface area (Å²) in [7, 11) is 0. The van der Waals surface area contributed by atoms with Gasteiger partial charge in [-0.05, 0) is 44.1 Å². The van der Waals surface area contributed by atoms with Crippen molar-refractivity contribution >= 4 is 23.4 Å². The van der Waals surface area contributed by atoms with Gasteiger partial charge in [0.05, 0.1) is 16.6 Å². The fraction of sp³-hybridized carbons (Fsp3) is 0.462. The quantitative estimate of drug-likeness (QED) is 0.847. The number of hydrogen-bond donors (Lipinski definition) is 2. The zero-order valence-electron chi connectivity index (χ0n) is 10.6. The Kier molecular flexibility index (Phi) is 4.25. The highest BCUT2D eigenvalue weighted by Crippen LogP contribution is 2.32. The molecule has 1 aliphatic heterocycles. The average molecular weight is 306 g/mol. The maximum Gasteiger partial charge on any atom is 0.416 e. The van der Waals surface area contributed by atoms with Crippen LogP contribution in [0.1, 0.15) is 30.1 Å². The maximum atomic E-state index is 12.6. The molecule has 0 radical (unpaired) electrons. The summed E-state index contributed by atoms with van der Waals surface area (Å²) in [6, 6.07) is 3.64. The van der Waals surface area contributed by atoms with Gasteiger partial charge in [0.2, 0.25) is 0 Å². The lowest BCUT2D eigenvalue weighted by Gasteiger charge is -2.20. The van der Waals surface area contributed by atoms with Gasteiger partial charge in [0.1, 0.15) is 5.82 Å². The van der Waals surface area contributed by atoms with Gasteiger partial charge in [0.25, 0.3) is 0 Å². The molecule has 1 aromatic carbocycles. The molecule has 0 aliphatic carbocycles. The Hall–Kier alpha value is -1.27. The van der Waals surface area contributed by atoms with Crippen molar-refractivity contribution in [1.29, 1.82) is 0 Å². The fourth-order valence-electron chi connectivity index (χ4n) is 2.49. The summed E-state index contributed by atoms with van der Waals surface area (Å²) >= 11 is 0. The first-order chi connectivity index (χ1) is 9.04. The van der Waals surface area contributed by atoms with Crippen LogP contribution in [0, 0.1) is 0 Å². The maximum absolute atomic E-state index is 12.6. The zero-order valence-corrected chi connectivity index (χ0v) is 11.4. The number of rotatable bonds is 1. The Morgan fingerprint density at radius 1 is 1.15 bits per heavy atom. The zero-order chi connectivity index (χ0) is 13.5. The number of nitrogens with zero attached hydrogens (tertiary/aromatic N) is 1. The van der Waals surface area contributed by atoms with E-state index in [0.717, 1.165) is 43.9 Å². The lowest BCUT2D eigenvalue weighted by Crippen LogP contribution is -2.27. The van der Waals surface area contributed by atoms with Crippen LogP contribution in [-0.4, -0.2) is 23.1 Å². The van der Waals surface area contributed by atoms with Crippen LogP contribution in [0.4, 0.5) is 13.2 Å². The van der Waals surface area contributed by atoms with Crippen LogP contribution >= 0.6 is 12.4 Å². The van der Waals surface area contributed by atoms with E-state index in [-0.39, 0.29) is 12.4 Å². The lowest BCUT2D eigenvalue weighted by atomic mass is 9.98. The number of aromatic amines is 1. The Morgan fingerprint density at radius 3 is 2.50 bits per heavy atom. The van der Waals surface area contributed by atoms with Crippen LogP contribution in [0.2, 0.25) is 0 Å². The largest absolute Gasteiger partial charge is 0.416 e. The van der Waals surface area contributed by atoms with Crippen molar-refractivity contribution < 1.29 is 13.2 Å². The highest BCUT2D eigenvalue weighted by molar-refractivity contribution is 5.85. The van der Waals surface area contributed by atoms with Crippen molar-refractivity contribution in [3.05, 3.63) is 29.6 Å². The van der Waals surface area contributed by atoms with E-state index in [4.69, 9.17) is 0 Å². The molecule has 7 heteroatoms. The van der Waals surface area contributed by atoms with E-state index in [2.05, 4.69) is 15.3 Å². The molecule has 0 atom stereocenters. The second-order valence-electron chi connectivity index (χ2n) is 4.88. The molecule has 1 aromatic heterocycles. The topological polar surface area (TPSA) is 40.7 Å². The number of nitrogens with one attached hydrogen (secondary N) is 2. The molecule has 0 bridgehead atoms. The smallest absolute Gasteiger partial charge is 0.342 e. The van der Waals surface area contributed by atoms with Gasteiger partial charge in [-0.3, -0.25) is 0 Å². The van der Waals surface area contributed by atoms with E-state index in [1.165, 1.54) is 6.07 Å². The monoisotopic (exact) mass is 305 g/mol. The van der Waals surface area contributed by atoms with Crippen LogP contribution in [0.15, 0.2) is 18.2 Å². The van der Waals surface area contributed by atoms with E-state index in [1.54, 1.807) is 0 Å². The van der Waals surface area contributed by atoms with Crippen LogP contribution in [0.3, 0.4) is 0 Å². The first-order valence-electron chi connectivity index (χ1n) is 6.31. The summed E-state index contributed by atoms with van der Waals surface area (Å²) in [5, 5.41) is 3.26. The van der Waals surface area contributed by atoms with Crippen molar-refractivity contribution in [2.75, 3.05) is 13.1 Å². The van der Waals surface area contributed by atoms with Crippen LogP contribution in [-0.2, 0) is 6.18 Å². The normalized spacial score (nSPS) is 17.1. The molecule has 3 nitrogen and oxygen atoms in total. The van der Waals surface area contributed by atoms with E-state index >= 15 is 0 Å². The predicted octanol–water partition coefficient (Wildman–Crippen LogP) is 3.47. The van der Waals surface area contributed by atoms with Gasteiger partial charge in [-0.25, -0.2) is 4.98 Å². The molecule has 110 valence electrons. The van der Waals surface area contributed by atoms with Gasteiger partial charge in [-0.2, -0.15) is 13.2 Å². The van der Waals surface area contributed by atoms with Gasteiger partial charge < -0.3 is 10.3 Å². The molecule has 0 amide bonds. The standard InChI is InChI=1S/C13H14F3N3.ClH/c14-13(15,16)9-1-2-10-11(7-9)19-12(18-10)8-3-5-17-6-4-8;/h1-2,7-8,17H,3-6H2,(H,18,19);1H. The van der Waals surface area contributed by atoms with Gasteiger partial charge in [-0.15, -0.1) is 12.4 Å². The SMILES string of the molecule is Cl.FC(F)(F)c1ccc2nc(C3CCNCC3)[nH]c2c1. The summed E-state index contributed by atoms with van der Waals surface area (Å²) in [6.45, 7) is 1.85. The molecule has 1 fully saturated rings. The Morgan fingerprint density at radius 2 is 1.85 bits per heavy atom. The first kappa shape index (κ1) is 15.1. The minimum atomic E-state index is -4.31. The summed E-state index contributed by atoms with van der Waals surface area (Å²) in [6.07, 6.45) is -2.38. The molecular weight excluding hydrogens is 291 g/mol. The molecule has 3 rings (SSSR count). The molecular formula is C13H15ClF3N3. The first-order valence-corrected chi connectivity index (χ1v) is 6.31. The number of imidazole rings is 1. The molecule has 2 N–H and O–H groups in total. The molecule has 0 spiro atoms. The number of halogens is 4. The molecule has 20 heavy (non-hydrogen) atoms. The third-order valence-electron chi connectivity index (χ3n) is 3.55. The number of piperidine rings is 1. The van der Waals surface area contributed by atoms with Crippen molar-refractivity contribution in [2.45, 2.75) is 24.9 Å². The minimum absolute atomic E-state index is 0. The summed E-state index contributed by atoms with van der Waals surface area (Å²) in [5.41, 5.74) is 0.422. The van der Waals surface area contributed by atoms with Crippen LogP contribution in [0.25, 0.3) is 11.0 Å². The van der Waals surface area contributed by atoms with Crippen molar-refractivity contribution in [3.8, 4) is 0 Å². The van der Waals surface area contributed by atoms with Crippen LogP contribution < -0.4 is 5.32 Å². The lowest BCUT2D eigenvalue weighted by molar-refractivity contribution is -0.137. The van der Waals surface area contributed by atoms with Gasteiger partial charge in [0.15, 0.2) is 0 Å². The number of hydrogen-bond acceptors (Lipinski definition) is 2. The third kappa shape index (κ3) is 2.91. The predicted molar refractivity (Wildman–Crippen MR) is 73.2 cm³/mol. The minimum Gasteiger partial charge on any atom is -0.342 e. The van der Waals surface area contributed by atoms with Crippen molar-refractivity contribution in [2.24, 2.45) is 0 Å². The van der Waals surface area contributed by atoms with Gasteiger partial charge in [0, 0.05) is 5.92 Å². The van der Waals surface area contributed by atoms with Gasteiger partial charge >= 0.3 is 6.18 Å². The van der Waals surface area contributed by atoms with E-state index in [0.29, 0.717) is 17.0 Å². The molecule has 0 unspecified atom stereocenters. The number of fused-ring (bicyclic) bond motifs is 1. The number of alkyl halides is 3. The fourth-order valence-corrected chi connectivity index (χ4v) is 2.49. The molecule has 1 saturated heterocycles. The van der Waals surface area contributed by atoms with Crippen molar-refractivity contribution in [3.63, 3.8) is 0 Å². The second kappa shape index (κ2) is 5.61. The average Bonchev–Trinajstić information content (AvgIpc) is 2.81. The van der Waals surface area contributed by atoms with Crippen molar-refractivity contribution in [1.82, 2.24) is 15.3 Å². The molecule has 1 aliphatic rings. The molecule has 0 saturated carbocycles. The number of benzene rings is 1. The Bertz CT molecular complexity index is 588. The van der Waals surface area contributed by atoms with E-state index in [1.807, 2.05) is 0 Å². The third-order valence-corrected chi connectivity index (χ3v) is 3.55. The molecule has 2 aromatic rings. The van der Waals surface area contributed by atoms with Crippen LogP contribution in [0.5, 0.6) is 0 Å². The van der Waals surface area contributed by atoms with Gasteiger partial charge in [-0.1, -0.05) is 0 Å². The van der Waals surface area contributed by atoms with E-state index < -0.39 is 11.7 Å². The highest BCUT2D eigenvalue weighted by atomic mass is 35.5. The number of aromatic nitrogens is 2. The Labute approximate surface area is 120 Å². The highest BCUT2D eigenvalue weighted by Gasteiger charge is 2.31. The summed E-state index contributed by atoms with van der Waals surface area (Å²) < 4.78 is 37.9. The Balaban J connectivity index is 0.00000147.